The van der Waals surface area contributed by atoms with Gasteiger partial charge in [-0.05, 0) is 42.1 Å². The van der Waals surface area contributed by atoms with Gasteiger partial charge in [-0.1, -0.05) is 6.92 Å². The first-order valence-corrected chi connectivity index (χ1v) is 6.21. The van der Waals surface area contributed by atoms with Crippen molar-refractivity contribution >= 4 is 22.2 Å². The van der Waals surface area contributed by atoms with Crippen LogP contribution in [0.2, 0.25) is 0 Å². The Morgan fingerprint density at radius 3 is 2.73 bits per heavy atom. The maximum absolute atomic E-state index is 10.3. The van der Waals surface area contributed by atoms with Crippen LogP contribution in [0.3, 0.4) is 0 Å². The van der Waals surface area contributed by atoms with E-state index in [9.17, 15) is 4.79 Å². The number of aryl methyl sites for hydroxylation is 2. The van der Waals surface area contributed by atoms with Crippen LogP contribution in [0.4, 0.5) is 0 Å². The van der Waals surface area contributed by atoms with E-state index in [1.54, 1.807) is 0 Å². The normalized spacial score (nSPS) is 10.6. The number of aromatic nitrogens is 2. The zero-order chi connectivity index (χ0) is 11.3. The minimum absolute atomic E-state index is 0.628. The molecule has 0 radical (unpaired) electrons. The molecule has 0 saturated heterocycles. The van der Waals surface area contributed by atoms with Gasteiger partial charge in [-0.25, -0.2) is 0 Å². The summed E-state index contributed by atoms with van der Waals surface area (Å²) in [6.07, 6.45) is 4.36. The molecule has 0 amide bonds. The number of unbranched alkanes of at least 4 members (excludes halogenated alkanes) is 1. The Morgan fingerprint density at radius 1 is 1.47 bits per heavy atom. The van der Waals surface area contributed by atoms with Crippen LogP contribution < -0.4 is 0 Å². The molecule has 1 aromatic rings. The highest BCUT2D eigenvalue weighted by atomic mass is 79.9. The summed E-state index contributed by atoms with van der Waals surface area (Å²) in [7, 11) is 0. The summed E-state index contributed by atoms with van der Waals surface area (Å²) in [6, 6.07) is 0. The van der Waals surface area contributed by atoms with Gasteiger partial charge in [0.1, 0.15) is 6.29 Å². The molecule has 0 aliphatic carbocycles. The van der Waals surface area contributed by atoms with E-state index >= 15 is 0 Å². The highest BCUT2D eigenvalue weighted by molar-refractivity contribution is 9.10. The molecule has 0 bridgehead atoms. The second kappa shape index (κ2) is 6.05. The van der Waals surface area contributed by atoms with Crippen LogP contribution in [-0.4, -0.2) is 16.1 Å². The van der Waals surface area contributed by atoms with Crippen LogP contribution >= 0.6 is 15.9 Å². The first-order valence-electron chi connectivity index (χ1n) is 5.42. The first-order chi connectivity index (χ1) is 7.24. The Hall–Kier alpha value is -0.640. The van der Waals surface area contributed by atoms with Gasteiger partial charge < -0.3 is 4.79 Å². The standard InChI is InChI=1S/C11H17BrN2O/c1-3-9-11(12)10(7-5-6-8-15)14(4-2)13-9/h8H,3-7H2,1-2H3. The molecule has 15 heavy (non-hydrogen) atoms. The third kappa shape index (κ3) is 2.91. The minimum Gasteiger partial charge on any atom is -0.303 e. The number of rotatable bonds is 6. The van der Waals surface area contributed by atoms with Gasteiger partial charge in [-0.3, -0.25) is 4.68 Å². The van der Waals surface area contributed by atoms with Crippen LogP contribution in [0.25, 0.3) is 0 Å². The zero-order valence-corrected chi connectivity index (χ0v) is 10.9. The van der Waals surface area contributed by atoms with E-state index in [1.165, 1.54) is 5.69 Å². The molecule has 1 heterocycles. The van der Waals surface area contributed by atoms with Crippen molar-refractivity contribution in [3.05, 3.63) is 15.9 Å². The second-order valence-electron chi connectivity index (χ2n) is 3.44. The molecule has 0 spiro atoms. The molecular formula is C11H17BrN2O. The first kappa shape index (κ1) is 12.4. The van der Waals surface area contributed by atoms with E-state index in [0.29, 0.717) is 6.42 Å². The van der Waals surface area contributed by atoms with E-state index in [0.717, 1.165) is 42.3 Å². The van der Waals surface area contributed by atoms with Gasteiger partial charge in [0.05, 0.1) is 15.9 Å². The number of aldehydes is 1. The van der Waals surface area contributed by atoms with Crippen molar-refractivity contribution in [3.63, 3.8) is 0 Å². The molecule has 0 fully saturated rings. The Labute approximate surface area is 99.0 Å². The van der Waals surface area contributed by atoms with Crippen LogP contribution in [0.5, 0.6) is 0 Å². The Balaban J connectivity index is 2.83. The van der Waals surface area contributed by atoms with Gasteiger partial charge in [0.15, 0.2) is 0 Å². The van der Waals surface area contributed by atoms with Crippen molar-refractivity contribution in [1.29, 1.82) is 0 Å². The minimum atomic E-state index is 0.628. The quantitative estimate of drug-likeness (QED) is 0.590. The lowest BCUT2D eigenvalue weighted by Crippen LogP contribution is -2.03. The number of nitrogens with zero attached hydrogens (tertiary/aromatic N) is 2. The summed E-state index contributed by atoms with van der Waals surface area (Å²) in [4.78, 5) is 10.3. The summed E-state index contributed by atoms with van der Waals surface area (Å²) in [5.41, 5.74) is 2.33. The van der Waals surface area contributed by atoms with Crippen LogP contribution in [0.1, 0.15) is 38.1 Å². The molecular weight excluding hydrogens is 256 g/mol. The number of halogens is 1. The fourth-order valence-corrected chi connectivity index (χ4v) is 2.37. The fraction of sp³-hybridized carbons (Fsp3) is 0.636. The second-order valence-corrected chi connectivity index (χ2v) is 4.23. The Bertz CT molecular complexity index is 334. The van der Waals surface area contributed by atoms with Crippen LogP contribution in [-0.2, 0) is 24.2 Å². The van der Waals surface area contributed by atoms with Gasteiger partial charge in [-0.2, -0.15) is 5.10 Å². The molecule has 3 nitrogen and oxygen atoms in total. The molecule has 0 aliphatic rings. The molecule has 0 aromatic carbocycles. The van der Waals surface area contributed by atoms with E-state index in [-0.39, 0.29) is 0 Å². The smallest absolute Gasteiger partial charge is 0.120 e. The monoisotopic (exact) mass is 272 g/mol. The van der Waals surface area contributed by atoms with Crippen molar-refractivity contribution in [2.75, 3.05) is 0 Å². The molecule has 1 aromatic heterocycles. The number of carbonyl (C=O) groups excluding carboxylic acids is 1. The lowest BCUT2D eigenvalue weighted by molar-refractivity contribution is -0.107. The summed E-state index contributed by atoms with van der Waals surface area (Å²) in [5, 5.41) is 4.51. The summed E-state index contributed by atoms with van der Waals surface area (Å²) >= 11 is 3.58. The number of hydrogen-bond donors (Lipinski definition) is 0. The van der Waals surface area contributed by atoms with Gasteiger partial charge in [-0.15, -0.1) is 0 Å². The Kier molecular flexibility index (Phi) is 5.02. The van der Waals surface area contributed by atoms with Crippen molar-refractivity contribution in [2.24, 2.45) is 0 Å². The largest absolute Gasteiger partial charge is 0.303 e. The maximum atomic E-state index is 10.3. The van der Waals surface area contributed by atoms with Crippen molar-refractivity contribution in [3.8, 4) is 0 Å². The summed E-state index contributed by atoms with van der Waals surface area (Å²) < 4.78 is 3.14. The van der Waals surface area contributed by atoms with Crippen LogP contribution in [0.15, 0.2) is 4.47 Å². The lowest BCUT2D eigenvalue weighted by Gasteiger charge is -2.03. The van der Waals surface area contributed by atoms with E-state index in [1.807, 2.05) is 4.68 Å². The third-order valence-corrected chi connectivity index (χ3v) is 3.35. The van der Waals surface area contributed by atoms with E-state index in [2.05, 4.69) is 34.9 Å². The van der Waals surface area contributed by atoms with Gasteiger partial charge in [0, 0.05) is 13.0 Å². The molecule has 0 saturated carbocycles. The zero-order valence-electron chi connectivity index (χ0n) is 9.29. The van der Waals surface area contributed by atoms with Crippen LogP contribution in [0, 0.1) is 0 Å². The summed E-state index contributed by atoms with van der Waals surface area (Å²) in [5.74, 6) is 0. The SMILES string of the molecule is CCc1nn(CC)c(CCCC=O)c1Br. The third-order valence-electron chi connectivity index (χ3n) is 2.43. The molecule has 0 unspecified atom stereocenters. The topological polar surface area (TPSA) is 34.9 Å². The molecule has 4 heteroatoms. The molecule has 84 valence electrons. The lowest BCUT2D eigenvalue weighted by atomic mass is 10.2. The van der Waals surface area contributed by atoms with Gasteiger partial charge in [0.2, 0.25) is 0 Å². The predicted molar refractivity (Wildman–Crippen MR) is 64.0 cm³/mol. The van der Waals surface area contributed by atoms with Gasteiger partial charge >= 0.3 is 0 Å². The van der Waals surface area contributed by atoms with Crippen molar-refractivity contribution in [2.45, 2.75) is 46.1 Å². The molecule has 0 atom stereocenters. The maximum Gasteiger partial charge on any atom is 0.120 e. The van der Waals surface area contributed by atoms with Crippen molar-refractivity contribution in [1.82, 2.24) is 9.78 Å². The highest BCUT2D eigenvalue weighted by Crippen LogP contribution is 2.23. The number of hydrogen-bond acceptors (Lipinski definition) is 2. The molecule has 0 aliphatic heterocycles. The number of carbonyl (C=O) groups is 1. The Morgan fingerprint density at radius 2 is 2.20 bits per heavy atom. The predicted octanol–water partition coefficient (Wildman–Crippen LogP) is 2.75. The van der Waals surface area contributed by atoms with Crippen molar-refractivity contribution < 1.29 is 4.79 Å². The summed E-state index contributed by atoms with van der Waals surface area (Å²) in [6.45, 7) is 5.07. The molecule has 0 N–H and O–H groups in total. The average molecular weight is 273 g/mol. The van der Waals surface area contributed by atoms with E-state index < -0.39 is 0 Å². The molecule has 1 rings (SSSR count). The highest BCUT2D eigenvalue weighted by Gasteiger charge is 2.12. The fourth-order valence-electron chi connectivity index (χ4n) is 1.61. The average Bonchev–Trinajstić information content (AvgIpc) is 2.56. The van der Waals surface area contributed by atoms with E-state index in [4.69, 9.17) is 0 Å². The van der Waals surface area contributed by atoms with Gasteiger partial charge in [0.25, 0.3) is 0 Å².